The number of piperazine rings is 1. The maximum absolute atomic E-state index is 4.59. The minimum atomic E-state index is 0.755. The van der Waals surface area contributed by atoms with Gasteiger partial charge in [0.05, 0.1) is 0 Å². The van der Waals surface area contributed by atoms with Gasteiger partial charge in [0.25, 0.3) is 0 Å². The number of alkyl halides is 1. The summed E-state index contributed by atoms with van der Waals surface area (Å²) in [6.07, 6.45) is 6.12. The van der Waals surface area contributed by atoms with E-state index in [1.807, 2.05) is 6.20 Å². The minimum Gasteiger partial charge on any atom is -0.354 e. The van der Waals surface area contributed by atoms with Crippen LogP contribution in [0.25, 0.3) is 0 Å². The van der Waals surface area contributed by atoms with Gasteiger partial charge in [0.2, 0.25) is 0 Å². The number of hydrogen-bond acceptors (Lipinski definition) is 3. The van der Waals surface area contributed by atoms with Crippen molar-refractivity contribution in [3.05, 3.63) is 23.9 Å². The van der Waals surface area contributed by atoms with Gasteiger partial charge in [-0.1, -0.05) is 28.4 Å². The topological polar surface area (TPSA) is 19.4 Å². The summed E-state index contributed by atoms with van der Waals surface area (Å²) < 4.78 is 0. The number of piperidine rings is 1. The number of halogens is 1. The molecule has 1 aromatic heterocycles. The summed E-state index contributed by atoms with van der Waals surface area (Å²) in [6, 6.07) is 5.09. The highest BCUT2D eigenvalue weighted by molar-refractivity contribution is 9.08. The number of aromatic nitrogens is 1. The summed E-state index contributed by atoms with van der Waals surface area (Å²) in [5, 5.41) is 0.886. The molecule has 3 heterocycles. The average Bonchev–Trinajstić information content (AvgIpc) is 2.47. The molecular formula is C14H20BrN3. The minimum absolute atomic E-state index is 0.755. The van der Waals surface area contributed by atoms with Crippen molar-refractivity contribution in [2.75, 3.05) is 31.1 Å². The molecule has 2 saturated heterocycles. The fraction of sp³-hybridized carbons (Fsp3) is 0.643. The summed E-state index contributed by atoms with van der Waals surface area (Å²) in [5.41, 5.74) is 1.25. The zero-order chi connectivity index (χ0) is 12.4. The highest BCUT2D eigenvalue weighted by Gasteiger charge is 2.29. The largest absolute Gasteiger partial charge is 0.354 e. The van der Waals surface area contributed by atoms with Crippen molar-refractivity contribution in [2.45, 2.75) is 30.6 Å². The number of hydrogen-bond donors (Lipinski definition) is 0. The van der Waals surface area contributed by atoms with Crippen LogP contribution >= 0.6 is 15.9 Å². The molecule has 0 aromatic carbocycles. The lowest BCUT2D eigenvalue weighted by molar-refractivity contribution is 0.133. The Hall–Kier alpha value is -0.610. The lowest BCUT2D eigenvalue weighted by atomic mass is 9.99. The van der Waals surface area contributed by atoms with Gasteiger partial charge in [-0.15, -0.1) is 0 Å². The number of fused-ring (bicyclic) bond motifs is 1. The van der Waals surface area contributed by atoms with Crippen LogP contribution in [0.15, 0.2) is 18.3 Å². The predicted molar refractivity (Wildman–Crippen MR) is 78.3 cm³/mol. The number of anilines is 1. The fourth-order valence-corrected chi connectivity index (χ4v) is 3.38. The summed E-state index contributed by atoms with van der Waals surface area (Å²) in [7, 11) is 0. The first kappa shape index (κ1) is 12.4. The van der Waals surface area contributed by atoms with E-state index in [0.717, 1.165) is 30.3 Å². The molecule has 1 atom stereocenters. The third kappa shape index (κ3) is 2.54. The smallest absolute Gasteiger partial charge is 0.128 e. The van der Waals surface area contributed by atoms with Crippen molar-refractivity contribution < 1.29 is 0 Å². The summed E-state index contributed by atoms with van der Waals surface area (Å²) >= 11 is 3.46. The molecule has 0 saturated carbocycles. The molecule has 1 aromatic rings. The number of pyridine rings is 1. The Labute approximate surface area is 117 Å². The molecule has 4 heteroatoms. The third-order valence-electron chi connectivity index (χ3n) is 4.12. The fourth-order valence-electron chi connectivity index (χ4n) is 3.05. The Morgan fingerprint density at radius 3 is 2.94 bits per heavy atom. The first-order chi connectivity index (χ1) is 8.86. The van der Waals surface area contributed by atoms with Gasteiger partial charge in [-0.25, -0.2) is 4.98 Å². The van der Waals surface area contributed by atoms with E-state index in [2.05, 4.69) is 42.8 Å². The maximum Gasteiger partial charge on any atom is 0.128 e. The lowest BCUT2D eigenvalue weighted by Gasteiger charge is -2.44. The van der Waals surface area contributed by atoms with E-state index in [0.29, 0.717) is 0 Å². The normalized spacial score (nSPS) is 24.9. The van der Waals surface area contributed by atoms with Crippen LogP contribution in [0.5, 0.6) is 0 Å². The van der Waals surface area contributed by atoms with Gasteiger partial charge in [-0.2, -0.15) is 0 Å². The van der Waals surface area contributed by atoms with Gasteiger partial charge < -0.3 is 4.90 Å². The van der Waals surface area contributed by atoms with Crippen molar-refractivity contribution >= 4 is 21.7 Å². The van der Waals surface area contributed by atoms with Crippen LogP contribution in [0.2, 0.25) is 0 Å². The molecule has 0 amide bonds. The SMILES string of the molecule is BrCc1ccc(N2CCN3CCCCC3C2)nc1. The molecular weight excluding hydrogens is 290 g/mol. The Balaban J connectivity index is 1.69. The van der Waals surface area contributed by atoms with Crippen LogP contribution in [-0.4, -0.2) is 42.1 Å². The molecule has 2 fully saturated rings. The monoisotopic (exact) mass is 309 g/mol. The Morgan fingerprint density at radius 2 is 2.17 bits per heavy atom. The molecule has 3 rings (SSSR count). The maximum atomic E-state index is 4.59. The molecule has 0 N–H and O–H groups in total. The van der Waals surface area contributed by atoms with Gasteiger partial charge in [-0.05, 0) is 31.0 Å². The van der Waals surface area contributed by atoms with Crippen LogP contribution in [0, 0.1) is 0 Å². The summed E-state index contributed by atoms with van der Waals surface area (Å²) in [6.45, 7) is 4.78. The van der Waals surface area contributed by atoms with Crippen LogP contribution in [0.4, 0.5) is 5.82 Å². The first-order valence-corrected chi connectivity index (χ1v) is 7.99. The highest BCUT2D eigenvalue weighted by atomic mass is 79.9. The Morgan fingerprint density at radius 1 is 1.22 bits per heavy atom. The van der Waals surface area contributed by atoms with E-state index in [9.17, 15) is 0 Å². The third-order valence-corrected chi connectivity index (χ3v) is 4.77. The highest BCUT2D eigenvalue weighted by Crippen LogP contribution is 2.24. The predicted octanol–water partition coefficient (Wildman–Crippen LogP) is 2.65. The van der Waals surface area contributed by atoms with E-state index >= 15 is 0 Å². The molecule has 0 aliphatic carbocycles. The second-order valence-electron chi connectivity index (χ2n) is 5.29. The lowest BCUT2D eigenvalue weighted by Crippen LogP contribution is -2.55. The van der Waals surface area contributed by atoms with Crippen LogP contribution < -0.4 is 4.90 Å². The summed E-state index contributed by atoms with van der Waals surface area (Å²) in [5.74, 6) is 1.14. The van der Waals surface area contributed by atoms with Crippen LogP contribution in [0.1, 0.15) is 24.8 Å². The van der Waals surface area contributed by atoms with E-state index in [1.165, 1.54) is 37.9 Å². The zero-order valence-corrected chi connectivity index (χ0v) is 12.3. The van der Waals surface area contributed by atoms with Crippen LogP contribution in [-0.2, 0) is 5.33 Å². The van der Waals surface area contributed by atoms with E-state index in [1.54, 1.807) is 0 Å². The van der Waals surface area contributed by atoms with Crippen LogP contribution in [0.3, 0.4) is 0 Å². The molecule has 0 radical (unpaired) electrons. The van der Waals surface area contributed by atoms with Crippen molar-refractivity contribution in [1.82, 2.24) is 9.88 Å². The molecule has 98 valence electrons. The quantitative estimate of drug-likeness (QED) is 0.783. The zero-order valence-electron chi connectivity index (χ0n) is 10.7. The average molecular weight is 310 g/mol. The van der Waals surface area contributed by atoms with Crippen molar-refractivity contribution in [3.63, 3.8) is 0 Å². The van der Waals surface area contributed by atoms with Crippen molar-refractivity contribution in [3.8, 4) is 0 Å². The first-order valence-electron chi connectivity index (χ1n) is 6.87. The van der Waals surface area contributed by atoms with Crippen molar-refractivity contribution in [1.29, 1.82) is 0 Å². The van der Waals surface area contributed by atoms with Gasteiger partial charge >= 0.3 is 0 Å². The van der Waals surface area contributed by atoms with E-state index in [-0.39, 0.29) is 0 Å². The molecule has 2 aliphatic heterocycles. The van der Waals surface area contributed by atoms with E-state index < -0.39 is 0 Å². The standard InChI is InChI=1S/C14H20BrN3/c15-9-12-4-5-14(16-10-12)18-8-7-17-6-2-1-3-13(17)11-18/h4-5,10,13H,1-3,6-9,11H2. The molecule has 2 aliphatic rings. The molecule has 0 bridgehead atoms. The Bertz CT molecular complexity index is 393. The molecule has 0 spiro atoms. The molecule has 18 heavy (non-hydrogen) atoms. The summed E-state index contributed by atoms with van der Waals surface area (Å²) in [4.78, 5) is 9.70. The van der Waals surface area contributed by atoms with Gasteiger partial charge in [0, 0.05) is 37.2 Å². The van der Waals surface area contributed by atoms with Crippen molar-refractivity contribution in [2.24, 2.45) is 0 Å². The van der Waals surface area contributed by atoms with Gasteiger partial charge in [0.15, 0.2) is 0 Å². The second kappa shape index (κ2) is 5.57. The van der Waals surface area contributed by atoms with E-state index in [4.69, 9.17) is 0 Å². The van der Waals surface area contributed by atoms with Gasteiger partial charge in [0.1, 0.15) is 5.82 Å². The van der Waals surface area contributed by atoms with Gasteiger partial charge in [-0.3, -0.25) is 4.90 Å². The number of nitrogens with zero attached hydrogens (tertiary/aromatic N) is 3. The number of rotatable bonds is 2. The molecule has 1 unspecified atom stereocenters. The second-order valence-corrected chi connectivity index (χ2v) is 5.85. The molecule has 3 nitrogen and oxygen atoms in total. The Kier molecular flexibility index (Phi) is 3.85.